The number of aliphatic hydroxyl groups excluding tert-OH is 1. The molecule has 19 heavy (non-hydrogen) atoms. The lowest BCUT2D eigenvalue weighted by Gasteiger charge is -2.25. The van der Waals surface area contributed by atoms with E-state index in [0.717, 1.165) is 43.1 Å². The maximum absolute atomic E-state index is 8.91. The van der Waals surface area contributed by atoms with Crippen LogP contribution in [-0.2, 0) is 0 Å². The Morgan fingerprint density at radius 3 is 2.42 bits per heavy atom. The molecule has 1 aromatic heterocycles. The summed E-state index contributed by atoms with van der Waals surface area (Å²) < 4.78 is 0. The minimum absolute atomic E-state index is 0.137. The lowest BCUT2D eigenvalue weighted by Crippen LogP contribution is -2.24. The highest BCUT2D eigenvalue weighted by molar-refractivity contribution is 5.56. The van der Waals surface area contributed by atoms with E-state index < -0.39 is 0 Å². The fraction of sp³-hybridized carbons (Fsp3) is 0.714. The summed E-state index contributed by atoms with van der Waals surface area (Å²) in [6, 6.07) is 0. The zero-order valence-corrected chi connectivity index (χ0v) is 12.5. The zero-order valence-electron chi connectivity index (χ0n) is 12.5. The highest BCUT2D eigenvalue weighted by Crippen LogP contribution is 2.24. The molecule has 0 atom stereocenters. The zero-order chi connectivity index (χ0) is 14.3. The fourth-order valence-corrected chi connectivity index (χ4v) is 1.94. The first kappa shape index (κ1) is 15.7. The van der Waals surface area contributed by atoms with E-state index in [4.69, 9.17) is 5.11 Å². The number of aromatic nitrogens is 2. The van der Waals surface area contributed by atoms with E-state index in [1.165, 1.54) is 0 Å². The third kappa shape index (κ3) is 5.03. The predicted octanol–water partition coefficient (Wildman–Crippen LogP) is 2.43. The van der Waals surface area contributed by atoms with Crippen LogP contribution in [0.25, 0.3) is 0 Å². The van der Waals surface area contributed by atoms with Gasteiger partial charge in [-0.1, -0.05) is 13.8 Å². The smallest absolute Gasteiger partial charge is 0.134 e. The minimum Gasteiger partial charge on any atom is -0.396 e. The minimum atomic E-state index is 0.137. The van der Waals surface area contributed by atoms with Gasteiger partial charge in [0.1, 0.15) is 18.0 Å². The molecule has 5 heteroatoms. The summed E-state index contributed by atoms with van der Waals surface area (Å²) in [6.07, 6.45) is 3.40. The lowest BCUT2D eigenvalue weighted by molar-refractivity contribution is 0.248. The molecule has 0 aliphatic carbocycles. The van der Waals surface area contributed by atoms with E-state index in [1.54, 1.807) is 6.33 Å². The molecule has 0 spiro atoms. The summed E-state index contributed by atoms with van der Waals surface area (Å²) in [5.41, 5.74) is 1.18. The molecule has 0 fully saturated rings. The lowest BCUT2D eigenvalue weighted by atomic mass is 9.88. The molecule has 0 saturated carbocycles. The van der Waals surface area contributed by atoms with E-state index in [0.29, 0.717) is 0 Å². The van der Waals surface area contributed by atoms with Crippen molar-refractivity contribution < 1.29 is 5.11 Å². The molecule has 1 heterocycles. The molecule has 3 N–H and O–H groups in total. The molecule has 0 aliphatic heterocycles. The number of nitrogens with one attached hydrogen (secondary N) is 2. The number of hydrogen-bond donors (Lipinski definition) is 3. The van der Waals surface area contributed by atoms with Gasteiger partial charge >= 0.3 is 0 Å². The third-order valence-corrected chi connectivity index (χ3v) is 3.17. The molecule has 0 aliphatic rings. The van der Waals surface area contributed by atoms with Crippen molar-refractivity contribution in [2.75, 3.05) is 30.3 Å². The Bertz CT molecular complexity index is 393. The van der Waals surface area contributed by atoms with Crippen LogP contribution in [-0.4, -0.2) is 34.8 Å². The Kier molecular flexibility index (Phi) is 6.02. The Labute approximate surface area is 115 Å². The van der Waals surface area contributed by atoms with E-state index >= 15 is 0 Å². The third-order valence-electron chi connectivity index (χ3n) is 3.17. The molecule has 1 rings (SSSR count). The molecule has 0 aromatic carbocycles. The topological polar surface area (TPSA) is 70.1 Å². The average Bonchev–Trinajstić information content (AvgIpc) is 2.38. The largest absolute Gasteiger partial charge is 0.396 e. The Morgan fingerprint density at radius 2 is 1.84 bits per heavy atom. The fourth-order valence-electron chi connectivity index (χ4n) is 1.94. The summed E-state index contributed by atoms with van der Waals surface area (Å²) in [4.78, 5) is 8.52. The second kappa shape index (κ2) is 7.28. The van der Waals surface area contributed by atoms with Crippen molar-refractivity contribution in [1.82, 2.24) is 9.97 Å². The quantitative estimate of drug-likeness (QED) is 0.674. The number of anilines is 2. The molecule has 0 amide bonds. The van der Waals surface area contributed by atoms with Crippen molar-refractivity contribution >= 4 is 11.6 Å². The summed E-state index contributed by atoms with van der Waals surface area (Å²) in [7, 11) is 0. The summed E-state index contributed by atoms with van der Waals surface area (Å²) in [5, 5.41) is 15.5. The van der Waals surface area contributed by atoms with Gasteiger partial charge in [-0.25, -0.2) is 9.97 Å². The summed E-state index contributed by atoms with van der Waals surface area (Å²) in [5.74, 6) is 1.76. The van der Waals surface area contributed by atoms with E-state index in [1.807, 2.05) is 13.8 Å². The molecular formula is C14H26N4O. The SMILES string of the molecule is CCNc1ncnc(NCC(C)(C)CCCO)c1C. The average molecular weight is 266 g/mol. The van der Waals surface area contributed by atoms with Gasteiger partial charge in [0.05, 0.1) is 0 Å². The van der Waals surface area contributed by atoms with Crippen LogP contribution in [0.4, 0.5) is 11.6 Å². The van der Waals surface area contributed by atoms with E-state index in [-0.39, 0.29) is 12.0 Å². The highest BCUT2D eigenvalue weighted by atomic mass is 16.2. The number of rotatable bonds is 8. The Hall–Kier alpha value is -1.36. The molecule has 0 saturated heterocycles. The number of aliphatic hydroxyl groups is 1. The monoisotopic (exact) mass is 266 g/mol. The van der Waals surface area contributed by atoms with E-state index in [2.05, 4.69) is 34.4 Å². The molecule has 108 valence electrons. The van der Waals surface area contributed by atoms with Crippen molar-refractivity contribution in [3.05, 3.63) is 11.9 Å². The van der Waals surface area contributed by atoms with Gasteiger partial charge in [-0.3, -0.25) is 0 Å². The van der Waals surface area contributed by atoms with Gasteiger partial charge in [0.2, 0.25) is 0 Å². The van der Waals surface area contributed by atoms with Crippen molar-refractivity contribution in [2.45, 2.75) is 40.5 Å². The van der Waals surface area contributed by atoms with Crippen molar-refractivity contribution in [1.29, 1.82) is 0 Å². The van der Waals surface area contributed by atoms with Crippen LogP contribution in [0, 0.1) is 12.3 Å². The van der Waals surface area contributed by atoms with E-state index in [9.17, 15) is 0 Å². The first-order valence-corrected chi connectivity index (χ1v) is 6.90. The first-order chi connectivity index (χ1) is 9.00. The second-order valence-corrected chi connectivity index (χ2v) is 5.57. The van der Waals surface area contributed by atoms with Crippen LogP contribution in [0.15, 0.2) is 6.33 Å². The van der Waals surface area contributed by atoms with Gasteiger partial charge in [0.15, 0.2) is 0 Å². The Morgan fingerprint density at radius 1 is 1.21 bits per heavy atom. The van der Waals surface area contributed by atoms with Crippen molar-refractivity contribution in [2.24, 2.45) is 5.41 Å². The van der Waals surface area contributed by atoms with Gasteiger partial charge in [-0.15, -0.1) is 0 Å². The van der Waals surface area contributed by atoms with Gasteiger partial charge in [0, 0.05) is 25.3 Å². The molecule has 0 unspecified atom stereocenters. The second-order valence-electron chi connectivity index (χ2n) is 5.57. The summed E-state index contributed by atoms with van der Waals surface area (Å²) >= 11 is 0. The molecule has 1 aromatic rings. The van der Waals surface area contributed by atoms with Gasteiger partial charge in [-0.2, -0.15) is 0 Å². The van der Waals surface area contributed by atoms with Crippen molar-refractivity contribution in [3.63, 3.8) is 0 Å². The van der Waals surface area contributed by atoms with Crippen LogP contribution >= 0.6 is 0 Å². The van der Waals surface area contributed by atoms with Crippen LogP contribution < -0.4 is 10.6 Å². The molecule has 5 nitrogen and oxygen atoms in total. The first-order valence-electron chi connectivity index (χ1n) is 6.90. The van der Waals surface area contributed by atoms with Crippen molar-refractivity contribution in [3.8, 4) is 0 Å². The number of hydrogen-bond acceptors (Lipinski definition) is 5. The van der Waals surface area contributed by atoms with Crippen LogP contribution in [0.3, 0.4) is 0 Å². The molecular weight excluding hydrogens is 240 g/mol. The van der Waals surface area contributed by atoms with Gasteiger partial charge < -0.3 is 15.7 Å². The maximum Gasteiger partial charge on any atom is 0.134 e. The Balaban J connectivity index is 2.64. The highest BCUT2D eigenvalue weighted by Gasteiger charge is 2.18. The number of nitrogens with zero attached hydrogens (tertiary/aromatic N) is 2. The van der Waals surface area contributed by atoms with Gasteiger partial charge in [-0.05, 0) is 32.1 Å². The van der Waals surface area contributed by atoms with Crippen LogP contribution in [0.5, 0.6) is 0 Å². The summed E-state index contributed by atoms with van der Waals surface area (Å²) in [6.45, 7) is 10.4. The molecule has 0 radical (unpaired) electrons. The van der Waals surface area contributed by atoms with Crippen LogP contribution in [0.1, 0.15) is 39.2 Å². The standard InChI is InChI=1S/C14H26N4O/c1-5-15-12-11(2)13(18-10-17-12)16-9-14(3,4)7-6-8-19/h10,19H,5-9H2,1-4H3,(H2,15,16,17,18). The van der Waals surface area contributed by atoms with Gasteiger partial charge in [0.25, 0.3) is 0 Å². The molecule has 0 bridgehead atoms. The maximum atomic E-state index is 8.91. The predicted molar refractivity (Wildman–Crippen MR) is 79.5 cm³/mol. The van der Waals surface area contributed by atoms with Crippen LogP contribution in [0.2, 0.25) is 0 Å². The normalized spacial score (nSPS) is 11.4.